The van der Waals surface area contributed by atoms with Gasteiger partial charge in [0.15, 0.2) is 11.5 Å². The SMILES string of the molecule is C#CCOc1c(Cl)cc(/C=C2\C(=O)NC(=O)N(c3ccc(C)cc3C)C2=O)cc1OC. The molecule has 1 aliphatic heterocycles. The van der Waals surface area contributed by atoms with Gasteiger partial charge in [0, 0.05) is 0 Å². The summed E-state index contributed by atoms with van der Waals surface area (Å²) in [6.07, 6.45) is 6.54. The zero-order valence-corrected chi connectivity index (χ0v) is 17.9. The van der Waals surface area contributed by atoms with Crippen molar-refractivity contribution in [3.05, 3.63) is 57.6 Å². The van der Waals surface area contributed by atoms with Gasteiger partial charge in [-0.15, -0.1) is 6.42 Å². The highest BCUT2D eigenvalue weighted by Crippen LogP contribution is 2.37. The molecule has 7 nitrogen and oxygen atoms in total. The van der Waals surface area contributed by atoms with Gasteiger partial charge in [0.25, 0.3) is 11.8 Å². The highest BCUT2D eigenvalue weighted by molar-refractivity contribution is 6.39. The number of nitrogens with zero attached hydrogens (tertiary/aromatic N) is 1. The second-order valence-electron chi connectivity index (χ2n) is 6.77. The molecule has 31 heavy (non-hydrogen) atoms. The first-order chi connectivity index (χ1) is 14.8. The number of nitrogens with one attached hydrogen (secondary N) is 1. The average molecular weight is 439 g/mol. The molecular weight excluding hydrogens is 420 g/mol. The van der Waals surface area contributed by atoms with Gasteiger partial charge < -0.3 is 9.47 Å². The lowest BCUT2D eigenvalue weighted by atomic mass is 10.0. The molecule has 0 atom stereocenters. The van der Waals surface area contributed by atoms with E-state index in [0.29, 0.717) is 11.3 Å². The zero-order chi connectivity index (χ0) is 22.7. The maximum atomic E-state index is 13.1. The van der Waals surface area contributed by atoms with Gasteiger partial charge in [0.05, 0.1) is 17.8 Å². The van der Waals surface area contributed by atoms with Gasteiger partial charge in [-0.05, 0) is 49.2 Å². The summed E-state index contributed by atoms with van der Waals surface area (Å²) in [5.41, 5.74) is 2.27. The molecular formula is C23H19ClN2O5. The number of urea groups is 1. The topological polar surface area (TPSA) is 84.9 Å². The van der Waals surface area contributed by atoms with Crippen molar-refractivity contribution in [1.82, 2.24) is 5.32 Å². The fourth-order valence-corrected chi connectivity index (χ4v) is 3.45. The number of halogens is 1. The molecule has 0 saturated carbocycles. The Hall–Kier alpha value is -3.76. The number of anilines is 1. The third kappa shape index (κ3) is 4.39. The second-order valence-corrected chi connectivity index (χ2v) is 7.18. The van der Waals surface area contributed by atoms with Crippen LogP contribution in [0.5, 0.6) is 11.5 Å². The lowest BCUT2D eigenvalue weighted by Crippen LogP contribution is -2.54. The van der Waals surface area contributed by atoms with E-state index in [-0.39, 0.29) is 28.7 Å². The number of benzene rings is 2. The van der Waals surface area contributed by atoms with E-state index in [1.165, 1.54) is 19.3 Å². The maximum absolute atomic E-state index is 13.1. The number of aryl methyl sites for hydroxylation is 2. The minimum atomic E-state index is -0.812. The summed E-state index contributed by atoms with van der Waals surface area (Å²) in [6.45, 7) is 3.67. The Morgan fingerprint density at radius 3 is 2.58 bits per heavy atom. The summed E-state index contributed by atoms with van der Waals surface area (Å²) < 4.78 is 10.7. The number of carbonyl (C=O) groups is 3. The Morgan fingerprint density at radius 2 is 1.94 bits per heavy atom. The van der Waals surface area contributed by atoms with Crippen LogP contribution in [0.1, 0.15) is 16.7 Å². The summed E-state index contributed by atoms with van der Waals surface area (Å²) in [5.74, 6) is 1.31. The Bertz CT molecular complexity index is 1160. The van der Waals surface area contributed by atoms with Crippen LogP contribution in [0.3, 0.4) is 0 Å². The summed E-state index contributed by atoms with van der Waals surface area (Å²) in [4.78, 5) is 38.9. The van der Waals surface area contributed by atoms with Crippen molar-refractivity contribution in [2.24, 2.45) is 0 Å². The number of terminal acetylenes is 1. The van der Waals surface area contributed by atoms with Gasteiger partial charge >= 0.3 is 6.03 Å². The number of rotatable bonds is 5. The first-order valence-electron chi connectivity index (χ1n) is 9.19. The number of ether oxygens (including phenoxy) is 2. The molecule has 1 fully saturated rings. The molecule has 0 radical (unpaired) electrons. The van der Waals surface area contributed by atoms with E-state index in [0.717, 1.165) is 16.0 Å². The number of barbiturate groups is 1. The summed E-state index contributed by atoms with van der Waals surface area (Å²) in [5, 5.41) is 2.39. The number of amides is 4. The van der Waals surface area contributed by atoms with Gasteiger partial charge in [-0.2, -0.15) is 0 Å². The molecule has 0 bridgehead atoms. The number of methoxy groups -OCH3 is 1. The van der Waals surface area contributed by atoms with Crippen molar-refractivity contribution in [2.45, 2.75) is 13.8 Å². The highest BCUT2D eigenvalue weighted by atomic mass is 35.5. The quantitative estimate of drug-likeness (QED) is 0.437. The van der Waals surface area contributed by atoms with E-state index in [1.807, 2.05) is 13.0 Å². The molecule has 1 saturated heterocycles. The molecule has 0 aromatic heterocycles. The number of imide groups is 2. The fraction of sp³-hybridized carbons (Fsp3) is 0.174. The van der Waals surface area contributed by atoms with E-state index in [1.54, 1.807) is 25.1 Å². The molecule has 1 heterocycles. The van der Waals surface area contributed by atoms with Gasteiger partial charge in [-0.1, -0.05) is 35.2 Å². The van der Waals surface area contributed by atoms with E-state index < -0.39 is 17.8 Å². The lowest BCUT2D eigenvalue weighted by molar-refractivity contribution is -0.122. The second kappa shape index (κ2) is 8.94. The van der Waals surface area contributed by atoms with Gasteiger partial charge in [0.1, 0.15) is 12.2 Å². The molecule has 2 aromatic carbocycles. The third-order valence-corrected chi connectivity index (χ3v) is 4.84. The number of carbonyl (C=O) groups excluding carboxylic acids is 3. The van der Waals surface area contributed by atoms with Crippen LogP contribution in [0.25, 0.3) is 6.08 Å². The van der Waals surface area contributed by atoms with E-state index in [9.17, 15) is 14.4 Å². The van der Waals surface area contributed by atoms with Gasteiger partial charge in [0.2, 0.25) is 0 Å². The third-order valence-electron chi connectivity index (χ3n) is 4.56. The number of hydrogen-bond donors (Lipinski definition) is 1. The Labute approximate surface area is 184 Å². The molecule has 158 valence electrons. The highest BCUT2D eigenvalue weighted by Gasteiger charge is 2.37. The molecule has 2 aromatic rings. The van der Waals surface area contributed by atoms with Crippen molar-refractivity contribution in [3.8, 4) is 23.8 Å². The molecule has 0 unspecified atom stereocenters. The predicted molar refractivity (Wildman–Crippen MR) is 117 cm³/mol. The van der Waals surface area contributed by atoms with Crippen LogP contribution in [-0.4, -0.2) is 31.6 Å². The molecule has 0 spiro atoms. The maximum Gasteiger partial charge on any atom is 0.335 e. The van der Waals surface area contributed by atoms with Gasteiger partial charge in [-0.3, -0.25) is 14.9 Å². The molecule has 4 amide bonds. The normalized spacial score (nSPS) is 15.0. The Balaban J connectivity index is 2.04. The summed E-state index contributed by atoms with van der Waals surface area (Å²) >= 11 is 6.27. The largest absolute Gasteiger partial charge is 0.493 e. The van der Waals surface area contributed by atoms with Crippen LogP contribution in [0.4, 0.5) is 10.5 Å². The van der Waals surface area contributed by atoms with Crippen LogP contribution in [0.15, 0.2) is 35.9 Å². The van der Waals surface area contributed by atoms with Crippen molar-refractivity contribution in [1.29, 1.82) is 0 Å². The fourth-order valence-electron chi connectivity index (χ4n) is 3.18. The van der Waals surface area contributed by atoms with Crippen LogP contribution < -0.4 is 19.7 Å². The number of hydrogen-bond acceptors (Lipinski definition) is 5. The van der Waals surface area contributed by atoms with Gasteiger partial charge in [-0.25, -0.2) is 9.69 Å². The zero-order valence-electron chi connectivity index (χ0n) is 17.1. The molecule has 0 aliphatic carbocycles. The van der Waals surface area contributed by atoms with Crippen molar-refractivity contribution in [3.63, 3.8) is 0 Å². The van der Waals surface area contributed by atoms with E-state index in [4.69, 9.17) is 27.5 Å². The molecule has 3 rings (SSSR count). The molecule has 8 heteroatoms. The predicted octanol–water partition coefficient (Wildman–Crippen LogP) is 3.64. The van der Waals surface area contributed by atoms with E-state index in [2.05, 4.69) is 11.2 Å². The first kappa shape index (κ1) is 21.9. The van der Waals surface area contributed by atoms with E-state index >= 15 is 0 Å². The Kier molecular flexibility index (Phi) is 6.33. The minimum Gasteiger partial charge on any atom is -0.493 e. The Morgan fingerprint density at radius 1 is 1.19 bits per heavy atom. The average Bonchev–Trinajstić information content (AvgIpc) is 2.71. The molecule has 1 N–H and O–H groups in total. The van der Waals surface area contributed by atoms with Crippen molar-refractivity contribution >= 4 is 41.2 Å². The lowest BCUT2D eigenvalue weighted by Gasteiger charge is -2.27. The van der Waals surface area contributed by atoms with Crippen molar-refractivity contribution in [2.75, 3.05) is 18.6 Å². The van der Waals surface area contributed by atoms with Crippen LogP contribution in [0.2, 0.25) is 5.02 Å². The van der Waals surface area contributed by atoms with Crippen molar-refractivity contribution < 1.29 is 23.9 Å². The van der Waals surface area contributed by atoms with Crippen LogP contribution in [0, 0.1) is 26.2 Å². The smallest absolute Gasteiger partial charge is 0.335 e. The van der Waals surface area contributed by atoms with Crippen LogP contribution in [-0.2, 0) is 9.59 Å². The first-order valence-corrected chi connectivity index (χ1v) is 9.57. The minimum absolute atomic E-state index is 0.00954. The van der Waals surface area contributed by atoms with Crippen LogP contribution >= 0.6 is 11.6 Å². The molecule has 1 aliphatic rings. The monoisotopic (exact) mass is 438 g/mol. The summed E-state index contributed by atoms with van der Waals surface area (Å²) in [6, 6.07) is 7.52. The standard InChI is InChI=1S/C23H19ClN2O5/c1-5-8-31-20-17(24)11-15(12-19(20)30-4)10-16-21(27)25-23(29)26(22(16)28)18-7-6-13(2)9-14(18)3/h1,6-7,9-12H,8H2,2-4H3,(H,25,27,29)/b16-10+. The summed E-state index contributed by atoms with van der Waals surface area (Å²) in [7, 11) is 1.42.